The predicted molar refractivity (Wildman–Crippen MR) is 141 cm³/mol. The molecule has 0 atom stereocenters. The van der Waals surface area contributed by atoms with Gasteiger partial charge in [-0.3, -0.25) is 9.59 Å². The second kappa shape index (κ2) is 11.6. The van der Waals surface area contributed by atoms with Crippen LogP contribution in [0.5, 0.6) is 0 Å². The highest BCUT2D eigenvalue weighted by atomic mass is 35.5. The Morgan fingerprint density at radius 3 is 2.47 bits per heavy atom. The minimum absolute atomic E-state index is 0.0295. The summed E-state index contributed by atoms with van der Waals surface area (Å²) in [6, 6.07) is 8.30. The molecule has 2 heterocycles. The van der Waals surface area contributed by atoms with Crippen LogP contribution in [0.25, 0.3) is 0 Å². The Labute approximate surface area is 217 Å². The van der Waals surface area contributed by atoms with Crippen molar-refractivity contribution in [2.75, 3.05) is 29.6 Å². The summed E-state index contributed by atoms with van der Waals surface area (Å²) in [5.74, 6) is 0.526. The Morgan fingerprint density at radius 1 is 1.08 bits per heavy atom. The van der Waals surface area contributed by atoms with Crippen LogP contribution < -0.4 is 15.5 Å². The van der Waals surface area contributed by atoms with E-state index in [9.17, 15) is 18.0 Å². The van der Waals surface area contributed by atoms with Crippen LogP contribution in [-0.4, -0.2) is 50.6 Å². The van der Waals surface area contributed by atoms with Crippen molar-refractivity contribution in [3.8, 4) is 0 Å². The van der Waals surface area contributed by atoms with Gasteiger partial charge in [0.25, 0.3) is 5.91 Å². The van der Waals surface area contributed by atoms with Gasteiger partial charge in [0.2, 0.25) is 5.91 Å². The molecule has 1 aromatic carbocycles. The third kappa shape index (κ3) is 6.97. The molecule has 1 saturated heterocycles. The number of carbonyl (C=O) groups is 2. The van der Waals surface area contributed by atoms with Crippen LogP contribution in [0.1, 0.15) is 61.7 Å². The summed E-state index contributed by atoms with van der Waals surface area (Å²) in [4.78, 5) is 31.9. The van der Waals surface area contributed by atoms with Crippen molar-refractivity contribution in [1.82, 2.24) is 10.3 Å². The lowest BCUT2D eigenvalue weighted by atomic mass is 9.92. The minimum Gasteiger partial charge on any atom is -0.355 e. The molecule has 8 nitrogen and oxygen atoms in total. The molecule has 0 unspecified atom stereocenters. The van der Waals surface area contributed by atoms with Gasteiger partial charge in [-0.25, -0.2) is 13.4 Å². The largest absolute Gasteiger partial charge is 0.355 e. The maximum Gasteiger partial charge on any atom is 0.255 e. The number of anilines is 2. The van der Waals surface area contributed by atoms with E-state index in [0.29, 0.717) is 47.6 Å². The predicted octanol–water partition coefficient (Wildman–Crippen LogP) is 4.45. The lowest BCUT2D eigenvalue weighted by Gasteiger charge is -2.34. The number of nitrogens with one attached hydrogen (secondary N) is 2. The van der Waals surface area contributed by atoms with E-state index in [1.54, 1.807) is 24.3 Å². The standard InChI is InChI=1S/C26H33ClN4O4S/c1-36(34,35)22-16-23(30-26(33)19-6-5-7-20(27)15-19)25(28-17-22)31-12-10-18(11-13-31)14-24(32)29-21-8-3-2-4-9-21/h5-7,15-18,21H,2-4,8-14H2,1H3,(H,29,32)(H,30,33). The molecule has 10 heteroatoms. The van der Waals surface area contributed by atoms with E-state index in [0.717, 1.165) is 31.9 Å². The highest BCUT2D eigenvalue weighted by Gasteiger charge is 2.26. The molecule has 1 aromatic heterocycles. The fourth-order valence-electron chi connectivity index (χ4n) is 4.95. The first-order chi connectivity index (χ1) is 17.2. The normalized spacial score (nSPS) is 17.6. The quantitative estimate of drug-likeness (QED) is 0.545. The summed E-state index contributed by atoms with van der Waals surface area (Å²) in [5, 5.41) is 6.45. The van der Waals surface area contributed by atoms with E-state index >= 15 is 0 Å². The van der Waals surface area contributed by atoms with Gasteiger partial charge < -0.3 is 15.5 Å². The van der Waals surface area contributed by atoms with Gasteiger partial charge in [-0.2, -0.15) is 0 Å². The smallest absolute Gasteiger partial charge is 0.255 e. The topological polar surface area (TPSA) is 108 Å². The summed E-state index contributed by atoms with van der Waals surface area (Å²) < 4.78 is 24.3. The first-order valence-corrected chi connectivity index (χ1v) is 14.8. The highest BCUT2D eigenvalue weighted by Crippen LogP contribution is 2.31. The van der Waals surface area contributed by atoms with Crippen molar-refractivity contribution >= 4 is 44.8 Å². The average molecular weight is 533 g/mol. The number of piperidine rings is 1. The number of halogens is 1. The second-order valence-corrected chi connectivity index (χ2v) is 12.3. The van der Waals surface area contributed by atoms with Crippen molar-refractivity contribution in [1.29, 1.82) is 0 Å². The van der Waals surface area contributed by atoms with Crippen molar-refractivity contribution in [3.05, 3.63) is 47.1 Å². The Kier molecular flexibility index (Phi) is 8.51. The first-order valence-electron chi connectivity index (χ1n) is 12.5. The zero-order valence-corrected chi connectivity index (χ0v) is 22.1. The van der Waals surface area contributed by atoms with E-state index in [1.165, 1.54) is 31.5 Å². The molecule has 0 radical (unpaired) electrons. The number of carbonyl (C=O) groups excluding carboxylic acids is 2. The van der Waals surface area contributed by atoms with Crippen LogP contribution in [0, 0.1) is 5.92 Å². The molecular formula is C26H33ClN4O4S. The van der Waals surface area contributed by atoms with Crippen LogP contribution in [0.3, 0.4) is 0 Å². The molecule has 1 aliphatic heterocycles. The monoisotopic (exact) mass is 532 g/mol. The zero-order chi connectivity index (χ0) is 25.7. The van der Waals surface area contributed by atoms with Gasteiger partial charge in [0, 0.05) is 48.6 Å². The van der Waals surface area contributed by atoms with Gasteiger partial charge in [0.05, 0.1) is 10.6 Å². The Bertz CT molecular complexity index is 1210. The van der Waals surface area contributed by atoms with Crippen LogP contribution in [0.2, 0.25) is 5.02 Å². The second-order valence-electron chi connectivity index (χ2n) is 9.82. The fourth-order valence-corrected chi connectivity index (χ4v) is 5.72. The first kappa shape index (κ1) is 26.4. The zero-order valence-electron chi connectivity index (χ0n) is 20.5. The minimum atomic E-state index is -3.51. The molecule has 4 rings (SSSR count). The van der Waals surface area contributed by atoms with Gasteiger partial charge in [-0.1, -0.05) is 36.9 Å². The number of pyridine rings is 1. The number of hydrogen-bond donors (Lipinski definition) is 2. The molecule has 2 N–H and O–H groups in total. The molecule has 194 valence electrons. The number of amides is 2. The summed E-state index contributed by atoms with van der Waals surface area (Å²) >= 11 is 6.03. The van der Waals surface area contributed by atoms with Crippen molar-refractivity contribution in [2.45, 2.75) is 62.3 Å². The summed E-state index contributed by atoms with van der Waals surface area (Å²) in [7, 11) is -3.51. The van der Waals surface area contributed by atoms with Crippen molar-refractivity contribution < 1.29 is 18.0 Å². The van der Waals surface area contributed by atoms with E-state index < -0.39 is 15.7 Å². The maximum atomic E-state index is 12.9. The van der Waals surface area contributed by atoms with E-state index in [4.69, 9.17) is 11.6 Å². The van der Waals surface area contributed by atoms with Crippen LogP contribution in [0.4, 0.5) is 11.5 Å². The number of nitrogens with zero attached hydrogens (tertiary/aromatic N) is 2. The number of rotatable bonds is 7. The summed E-state index contributed by atoms with van der Waals surface area (Å²) in [6.07, 6.45) is 10.3. The van der Waals surface area contributed by atoms with E-state index in [-0.39, 0.29) is 16.7 Å². The van der Waals surface area contributed by atoms with Gasteiger partial charge in [-0.15, -0.1) is 0 Å². The third-order valence-electron chi connectivity index (χ3n) is 6.96. The third-order valence-corrected chi connectivity index (χ3v) is 8.28. The fraction of sp³-hybridized carbons (Fsp3) is 0.500. The van der Waals surface area contributed by atoms with Crippen molar-refractivity contribution in [2.24, 2.45) is 5.92 Å². The number of sulfone groups is 1. The molecule has 2 fully saturated rings. The van der Waals surface area contributed by atoms with Gasteiger partial charge >= 0.3 is 0 Å². The van der Waals surface area contributed by atoms with Crippen LogP contribution in [0.15, 0.2) is 41.4 Å². The molecular weight excluding hydrogens is 500 g/mol. The lowest BCUT2D eigenvalue weighted by molar-refractivity contribution is -0.123. The number of aromatic nitrogens is 1. The molecule has 0 bridgehead atoms. The molecule has 1 aliphatic carbocycles. The molecule has 1 saturated carbocycles. The van der Waals surface area contributed by atoms with Crippen LogP contribution in [-0.2, 0) is 14.6 Å². The van der Waals surface area contributed by atoms with E-state index in [1.807, 2.05) is 4.90 Å². The number of benzene rings is 1. The molecule has 2 amide bonds. The van der Waals surface area contributed by atoms with Crippen LogP contribution >= 0.6 is 11.6 Å². The van der Waals surface area contributed by atoms with E-state index in [2.05, 4.69) is 15.6 Å². The SMILES string of the molecule is CS(=O)(=O)c1cnc(N2CCC(CC(=O)NC3CCCCC3)CC2)c(NC(=O)c2cccc(Cl)c2)c1. The van der Waals surface area contributed by atoms with Gasteiger partial charge in [0.1, 0.15) is 0 Å². The highest BCUT2D eigenvalue weighted by molar-refractivity contribution is 7.90. The maximum absolute atomic E-state index is 12.9. The molecule has 0 spiro atoms. The lowest BCUT2D eigenvalue weighted by Crippen LogP contribution is -2.40. The molecule has 2 aromatic rings. The Balaban J connectivity index is 1.43. The summed E-state index contributed by atoms with van der Waals surface area (Å²) in [6.45, 7) is 1.32. The molecule has 36 heavy (non-hydrogen) atoms. The summed E-state index contributed by atoms with van der Waals surface area (Å²) in [5.41, 5.74) is 0.692. The van der Waals surface area contributed by atoms with Gasteiger partial charge in [0.15, 0.2) is 15.7 Å². The van der Waals surface area contributed by atoms with Gasteiger partial charge in [-0.05, 0) is 55.9 Å². The number of hydrogen-bond acceptors (Lipinski definition) is 6. The Morgan fingerprint density at radius 2 is 1.81 bits per heavy atom. The average Bonchev–Trinajstić information content (AvgIpc) is 2.84. The molecule has 2 aliphatic rings. The Hall–Kier alpha value is -2.65. The van der Waals surface area contributed by atoms with Crippen molar-refractivity contribution in [3.63, 3.8) is 0 Å².